The van der Waals surface area contributed by atoms with Gasteiger partial charge < -0.3 is 19.9 Å². The Bertz CT molecular complexity index is 1210. The summed E-state index contributed by atoms with van der Waals surface area (Å²) >= 11 is 0. The van der Waals surface area contributed by atoms with E-state index in [9.17, 15) is 24.2 Å². The van der Waals surface area contributed by atoms with Gasteiger partial charge in [0.05, 0.1) is 23.9 Å². The number of ether oxygens (including phenoxy) is 1. The van der Waals surface area contributed by atoms with Crippen LogP contribution in [0, 0.1) is 5.82 Å². The Morgan fingerprint density at radius 1 is 1.21 bits per heavy atom. The number of halogens is 1. The molecular formula is C25H25FN2O5. The number of H-pyrrole nitrogens is 1. The van der Waals surface area contributed by atoms with Gasteiger partial charge in [0.15, 0.2) is 11.2 Å². The monoisotopic (exact) mass is 452 g/mol. The minimum atomic E-state index is -0.974. The van der Waals surface area contributed by atoms with Crippen molar-refractivity contribution in [1.29, 1.82) is 0 Å². The molecule has 4 rings (SSSR count). The van der Waals surface area contributed by atoms with Crippen molar-refractivity contribution in [1.82, 2.24) is 9.97 Å². The van der Waals surface area contributed by atoms with E-state index in [-0.39, 0.29) is 29.5 Å². The Hall–Kier alpha value is -3.20. The molecule has 8 heteroatoms. The van der Waals surface area contributed by atoms with Crippen molar-refractivity contribution >= 4 is 5.78 Å². The molecule has 3 aromatic rings. The summed E-state index contributed by atoms with van der Waals surface area (Å²) < 4.78 is 20.2. The fourth-order valence-electron chi connectivity index (χ4n) is 4.23. The highest BCUT2D eigenvalue weighted by Crippen LogP contribution is 2.34. The zero-order chi connectivity index (χ0) is 23.5. The molecule has 1 aliphatic heterocycles. The normalized spacial score (nSPS) is 22.8. The van der Waals surface area contributed by atoms with Crippen molar-refractivity contribution in [3.05, 3.63) is 87.9 Å². The van der Waals surface area contributed by atoms with Crippen LogP contribution >= 0.6 is 0 Å². The Kier molecular flexibility index (Phi) is 6.78. The largest absolute Gasteiger partial charge is 0.390 e. The average molecular weight is 452 g/mol. The summed E-state index contributed by atoms with van der Waals surface area (Å²) in [5.41, 5.74) is 0.768. The number of aliphatic hydroxyl groups excluding tert-OH is 2. The molecule has 7 nitrogen and oxygen atoms in total. The third kappa shape index (κ3) is 4.64. The molecule has 3 heterocycles. The molecular weight excluding hydrogens is 427 g/mol. The molecule has 0 amide bonds. The van der Waals surface area contributed by atoms with E-state index in [1.165, 1.54) is 36.8 Å². The number of hydrogen-bond donors (Lipinski definition) is 3. The summed E-state index contributed by atoms with van der Waals surface area (Å²) in [4.78, 5) is 33.0. The molecule has 1 aliphatic rings. The molecule has 172 valence electrons. The topological polar surface area (TPSA) is 113 Å². The van der Waals surface area contributed by atoms with E-state index in [4.69, 9.17) is 4.74 Å². The van der Waals surface area contributed by atoms with Crippen LogP contribution in [0.4, 0.5) is 4.39 Å². The van der Waals surface area contributed by atoms with Crippen LogP contribution in [0.1, 0.15) is 47.4 Å². The summed E-state index contributed by atoms with van der Waals surface area (Å²) in [6, 6.07) is 7.60. The Balaban J connectivity index is 1.63. The third-order valence-corrected chi connectivity index (χ3v) is 6.02. The highest BCUT2D eigenvalue weighted by molar-refractivity contribution is 5.98. The number of rotatable bonds is 6. The minimum Gasteiger partial charge on any atom is -0.390 e. The second kappa shape index (κ2) is 9.74. The van der Waals surface area contributed by atoms with Crippen molar-refractivity contribution < 1.29 is 24.1 Å². The van der Waals surface area contributed by atoms with Gasteiger partial charge in [0, 0.05) is 48.8 Å². The molecule has 3 N–H and O–H groups in total. The van der Waals surface area contributed by atoms with Crippen molar-refractivity contribution in [3.63, 3.8) is 0 Å². The first-order valence-electron chi connectivity index (χ1n) is 10.8. The number of aromatic amines is 1. The van der Waals surface area contributed by atoms with Gasteiger partial charge in [0.1, 0.15) is 11.9 Å². The summed E-state index contributed by atoms with van der Waals surface area (Å²) in [5.74, 6) is -1.00. The molecule has 0 unspecified atom stereocenters. The number of nitrogens with zero attached hydrogens (tertiary/aromatic N) is 1. The molecule has 0 spiro atoms. The van der Waals surface area contributed by atoms with Gasteiger partial charge in [0.25, 0.3) is 0 Å². The van der Waals surface area contributed by atoms with Crippen LogP contribution in [0.2, 0.25) is 0 Å². The zero-order valence-electron chi connectivity index (χ0n) is 18.1. The first kappa shape index (κ1) is 23.0. The van der Waals surface area contributed by atoms with Gasteiger partial charge >= 0.3 is 0 Å². The van der Waals surface area contributed by atoms with Crippen molar-refractivity contribution in [3.8, 4) is 11.1 Å². The van der Waals surface area contributed by atoms with E-state index in [1.54, 1.807) is 18.3 Å². The zero-order valence-corrected chi connectivity index (χ0v) is 18.1. The predicted octanol–water partition coefficient (Wildman–Crippen LogP) is 2.96. The van der Waals surface area contributed by atoms with Crippen LogP contribution < -0.4 is 5.43 Å². The lowest BCUT2D eigenvalue weighted by molar-refractivity contribution is -0.171. The highest BCUT2D eigenvalue weighted by atomic mass is 19.1. The SMILES string of the molecule is CC[C@H]1O[C@@H](c2ccncc2CC(=O)c2c[nH]cc(-c3ccccc3F)c2=O)C[C@@H](O)[C@@H]1O. The van der Waals surface area contributed by atoms with Crippen LogP contribution in [-0.4, -0.2) is 44.3 Å². The third-order valence-electron chi connectivity index (χ3n) is 6.02. The highest BCUT2D eigenvalue weighted by Gasteiger charge is 2.37. The van der Waals surface area contributed by atoms with Crippen LogP contribution in [0.5, 0.6) is 0 Å². The van der Waals surface area contributed by atoms with Crippen LogP contribution in [0.3, 0.4) is 0 Å². The van der Waals surface area contributed by atoms with Gasteiger partial charge in [-0.1, -0.05) is 25.1 Å². The van der Waals surface area contributed by atoms with E-state index in [1.807, 2.05) is 6.92 Å². The lowest BCUT2D eigenvalue weighted by atomic mass is 9.90. The van der Waals surface area contributed by atoms with Gasteiger partial charge in [0.2, 0.25) is 0 Å². The Morgan fingerprint density at radius 2 is 2.00 bits per heavy atom. The second-order valence-corrected chi connectivity index (χ2v) is 8.13. The Labute approximate surface area is 189 Å². The number of ketones is 1. The van der Waals surface area contributed by atoms with Gasteiger partial charge in [-0.2, -0.15) is 0 Å². The number of carbonyl (C=O) groups is 1. The predicted molar refractivity (Wildman–Crippen MR) is 119 cm³/mol. The van der Waals surface area contributed by atoms with Gasteiger partial charge in [-0.25, -0.2) is 4.39 Å². The fraction of sp³-hybridized carbons (Fsp3) is 0.320. The fourth-order valence-corrected chi connectivity index (χ4v) is 4.23. The maximum absolute atomic E-state index is 14.2. The number of aromatic nitrogens is 2. The molecule has 0 aliphatic carbocycles. The van der Waals surface area contributed by atoms with E-state index in [0.717, 1.165) is 0 Å². The van der Waals surface area contributed by atoms with E-state index in [2.05, 4.69) is 9.97 Å². The number of benzene rings is 1. The first-order valence-corrected chi connectivity index (χ1v) is 10.8. The minimum absolute atomic E-state index is 0.0730. The summed E-state index contributed by atoms with van der Waals surface area (Å²) in [6.07, 6.45) is 3.37. The number of aliphatic hydroxyl groups is 2. The van der Waals surface area contributed by atoms with Gasteiger partial charge in [-0.15, -0.1) is 0 Å². The average Bonchev–Trinajstić information content (AvgIpc) is 2.82. The molecule has 1 aromatic carbocycles. The standard InChI is InChI=1S/C25H25FN2O5/c1-2-22-25(32)21(30)10-23(33-22)15-7-8-27-11-14(15)9-20(29)18-13-28-12-17(24(18)31)16-5-3-4-6-19(16)26/h3-8,11-13,21-23,25,30,32H,2,9-10H2,1H3,(H,28,31)/t21-,22-,23-,25+/m1/s1. The van der Waals surface area contributed by atoms with Crippen molar-refractivity contribution in [2.45, 2.75) is 50.6 Å². The van der Waals surface area contributed by atoms with Crippen molar-refractivity contribution in [2.75, 3.05) is 0 Å². The van der Waals surface area contributed by atoms with Crippen molar-refractivity contribution in [2.24, 2.45) is 0 Å². The molecule has 2 aromatic heterocycles. The molecule has 0 saturated carbocycles. The smallest absolute Gasteiger partial charge is 0.200 e. The molecule has 1 fully saturated rings. The van der Waals surface area contributed by atoms with Crippen LogP contribution in [0.15, 0.2) is 59.9 Å². The maximum atomic E-state index is 14.2. The Morgan fingerprint density at radius 3 is 2.76 bits per heavy atom. The first-order chi connectivity index (χ1) is 15.9. The lowest BCUT2D eigenvalue weighted by Gasteiger charge is -2.37. The summed E-state index contributed by atoms with van der Waals surface area (Å²) in [7, 11) is 0. The van der Waals surface area contributed by atoms with Gasteiger partial charge in [-0.3, -0.25) is 14.6 Å². The van der Waals surface area contributed by atoms with Crippen LogP contribution in [0.25, 0.3) is 11.1 Å². The number of pyridine rings is 2. The molecule has 4 atom stereocenters. The summed E-state index contributed by atoms with van der Waals surface area (Å²) in [5, 5.41) is 20.4. The van der Waals surface area contributed by atoms with E-state index < -0.39 is 41.4 Å². The maximum Gasteiger partial charge on any atom is 0.200 e. The second-order valence-electron chi connectivity index (χ2n) is 8.13. The number of Topliss-reactive ketones (excluding diaryl/α,β-unsaturated/α-hetero) is 1. The number of carbonyl (C=O) groups excluding carboxylic acids is 1. The number of nitrogens with one attached hydrogen (secondary N) is 1. The molecule has 0 radical (unpaired) electrons. The van der Waals surface area contributed by atoms with E-state index >= 15 is 0 Å². The number of hydrogen-bond acceptors (Lipinski definition) is 6. The molecule has 0 bridgehead atoms. The van der Waals surface area contributed by atoms with Gasteiger partial charge in [-0.05, 0) is 29.7 Å². The van der Waals surface area contributed by atoms with Crippen LogP contribution in [-0.2, 0) is 11.2 Å². The van der Waals surface area contributed by atoms with E-state index in [0.29, 0.717) is 17.5 Å². The quantitative estimate of drug-likeness (QED) is 0.496. The summed E-state index contributed by atoms with van der Waals surface area (Å²) in [6.45, 7) is 1.86. The lowest BCUT2D eigenvalue weighted by Crippen LogP contribution is -2.45. The molecule has 33 heavy (non-hydrogen) atoms. The molecule has 1 saturated heterocycles.